The fourth-order valence-corrected chi connectivity index (χ4v) is 5.35. The molecular formula is C21H28ClN3O2S. The molecule has 5 nitrogen and oxygen atoms in total. The Morgan fingerprint density at radius 1 is 1.11 bits per heavy atom. The lowest BCUT2D eigenvalue weighted by Gasteiger charge is -2.41. The molecule has 0 aliphatic carbocycles. The molecule has 28 heavy (non-hydrogen) atoms. The molecule has 7 heteroatoms. The van der Waals surface area contributed by atoms with Gasteiger partial charge in [0.2, 0.25) is 0 Å². The molecule has 1 fully saturated rings. The van der Waals surface area contributed by atoms with Crippen molar-refractivity contribution in [3.8, 4) is 0 Å². The Morgan fingerprint density at radius 3 is 2.54 bits per heavy atom. The van der Waals surface area contributed by atoms with Gasteiger partial charge in [-0.2, -0.15) is 0 Å². The van der Waals surface area contributed by atoms with Crippen LogP contribution in [-0.4, -0.2) is 44.5 Å². The van der Waals surface area contributed by atoms with Gasteiger partial charge in [-0.15, -0.1) is 4.83 Å². The highest BCUT2D eigenvalue weighted by Gasteiger charge is 2.30. The van der Waals surface area contributed by atoms with Crippen LogP contribution in [0.25, 0.3) is 0 Å². The molecule has 1 aliphatic heterocycles. The molecule has 3 rings (SSSR count). The van der Waals surface area contributed by atoms with E-state index in [0.717, 1.165) is 31.5 Å². The van der Waals surface area contributed by atoms with Gasteiger partial charge in [-0.05, 0) is 36.2 Å². The number of halogens is 1. The number of sulfonamides is 1. The van der Waals surface area contributed by atoms with Crippen molar-refractivity contribution >= 4 is 21.6 Å². The van der Waals surface area contributed by atoms with Crippen molar-refractivity contribution in [2.45, 2.75) is 37.6 Å². The molecular weight excluding hydrogens is 394 g/mol. The van der Waals surface area contributed by atoms with E-state index in [1.165, 1.54) is 5.56 Å². The predicted molar refractivity (Wildman–Crippen MR) is 114 cm³/mol. The standard InChI is InChI=1S/C21H28ClN3O2S/c1-3-8-17-11-12-19(22)21(15-17)28(26,27)23-25-14-13-24(4-2)20(16-25)18-9-6-5-7-10-18/h5-7,9-12,15,20,23H,3-4,8,13-14,16H2,1-2H3. The van der Waals surface area contributed by atoms with E-state index in [-0.39, 0.29) is 16.0 Å². The minimum absolute atomic E-state index is 0.143. The largest absolute Gasteiger partial charge is 0.294 e. The van der Waals surface area contributed by atoms with Crippen molar-refractivity contribution in [1.82, 2.24) is 14.7 Å². The van der Waals surface area contributed by atoms with Crippen LogP contribution < -0.4 is 4.83 Å². The van der Waals surface area contributed by atoms with Crippen LogP contribution in [0.15, 0.2) is 53.4 Å². The van der Waals surface area contributed by atoms with Gasteiger partial charge in [0.25, 0.3) is 10.0 Å². The van der Waals surface area contributed by atoms with Crippen molar-refractivity contribution in [2.75, 3.05) is 26.2 Å². The van der Waals surface area contributed by atoms with Gasteiger partial charge in [0.05, 0.1) is 5.02 Å². The van der Waals surface area contributed by atoms with Crippen LogP contribution in [0.1, 0.15) is 37.4 Å². The maximum Gasteiger partial charge on any atom is 0.254 e. The first-order chi connectivity index (χ1) is 13.4. The molecule has 1 aliphatic rings. The SMILES string of the molecule is CCCc1ccc(Cl)c(S(=O)(=O)NN2CCN(CC)C(c3ccccc3)C2)c1. The maximum atomic E-state index is 13.0. The maximum absolute atomic E-state index is 13.0. The van der Waals surface area contributed by atoms with Gasteiger partial charge >= 0.3 is 0 Å². The highest BCUT2D eigenvalue weighted by molar-refractivity contribution is 7.89. The van der Waals surface area contributed by atoms with Crippen molar-refractivity contribution in [1.29, 1.82) is 0 Å². The molecule has 1 unspecified atom stereocenters. The predicted octanol–water partition coefficient (Wildman–Crippen LogP) is 3.86. The average molecular weight is 422 g/mol. The Labute approximate surface area is 173 Å². The molecule has 1 atom stereocenters. The molecule has 0 spiro atoms. The van der Waals surface area contributed by atoms with Crippen LogP contribution in [-0.2, 0) is 16.4 Å². The second kappa shape index (κ2) is 9.37. The van der Waals surface area contributed by atoms with E-state index in [0.29, 0.717) is 13.1 Å². The topological polar surface area (TPSA) is 52.7 Å². The van der Waals surface area contributed by atoms with E-state index in [4.69, 9.17) is 11.6 Å². The third-order valence-electron chi connectivity index (χ3n) is 5.15. The summed E-state index contributed by atoms with van der Waals surface area (Å²) in [4.78, 5) is 5.28. The van der Waals surface area contributed by atoms with Crippen molar-refractivity contribution in [3.63, 3.8) is 0 Å². The molecule has 0 aromatic heterocycles. The number of piperazine rings is 1. The lowest BCUT2D eigenvalue weighted by atomic mass is 10.0. The number of hydrogen-bond acceptors (Lipinski definition) is 4. The molecule has 2 aromatic rings. The number of nitrogens with one attached hydrogen (secondary N) is 1. The average Bonchev–Trinajstić information content (AvgIpc) is 2.70. The highest BCUT2D eigenvalue weighted by atomic mass is 35.5. The Balaban J connectivity index is 1.80. The minimum atomic E-state index is -3.74. The quantitative estimate of drug-likeness (QED) is 0.737. The second-order valence-corrected chi connectivity index (χ2v) is 9.15. The molecule has 1 saturated heterocycles. The minimum Gasteiger partial charge on any atom is -0.294 e. The van der Waals surface area contributed by atoms with Crippen molar-refractivity contribution in [2.24, 2.45) is 0 Å². The molecule has 0 amide bonds. The molecule has 1 N–H and O–H groups in total. The number of hydrogen-bond donors (Lipinski definition) is 1. The van der Waals surface area contributed by atoms with E-state index in [9.17, 15) is 8.42 Å². The summed E-state index contributed by atoms with van der Waals surface area (Å²) in [6, 6.07) is 15.6. The zero-order valence-corrected chi connectivity index (χ0v) is 18.0. The van der Waals surface area contributed by atoms with Gasteiger partial charge in [-0.3, -0.25) is 4.90 Å². The summed E-state index contributed by atoms with van der Waals surface area (Å²) in [6.07, 6.45) is 1.78. The molecule has 152 valence electrons. The van der Waals surface area contributed by atoms with Crippen LogP contribution in [0.3, 0.4) is 0 Å². The fourth-order valence-electron chi connectivity index (χ4n) is 3.69. The van der Waals surface area contributed by atoms with Crippen molar-refractivity contribution in [3.05, 3.63) is 64.7 Å². The van der Waals surface area contributed by atoms with Crippen LogP contribution in [0.2, 0.25) is 5.02 Å². The van der Waals surface area contributed by atoms with Crippen LogP contribution in [0.4, 0.5) is 0 Å². The summed E-state index contributed by atoms with van der Waals surface area (Å²) in [5.74, 6) is 0. The molecule has 0 bridgehead atoms. The molecule has 1 heterocycles. The van der Waals surface area contributed by atoms with Gasteiger partial charge in [-0.1, -0.05) is 68.3 Å². The molecule has 0 saturated carbocycles. The third kappa shape index (κ3) is 4.93. The number of aryl methyl sites for hydroxylation is 1. The van der Waals surface area contributed by atoms with E-state index < -0.39 is 10.0 Å². The second-order valence-electron chi connectivity index (χ2n) is 7.11. The van der Waals surface area contributed by atoms with Crippen LogP contribution in [0.5, 0.6) is 0 Å². The Kier molecular flexibility index (Phi) is 7.12. The Bertz CT molecular complexity index is 890. The van der Waals surface area contributed by atoms with E-state index >= 15 is 0 Å². The first kappa shape index (κ1) is 21.3. The first-order valence-electron chi connectivity index (χ1n) is 9.79. The number of rotatable bonds is 7. The number of likely N-dealkylation sites (N-methyl/N-ethyl adjacent to an activating group) is 1. The first-order valence-corrected chi connectivity index (χ1v) is 11.7. The number of hydrazine groups is 1. The Morgan fingerprint density at radius 2 is 1.86 bits per heavy atom. The van der Waals surface area contributed by atoms with E-state index in [1.807, 2.05) is 24.3 Å². The normalized spacial score (nSPS) is 19.0. The van der Waals surface area contributed by atoms with Gasteiger partial charge in [0.1, 0.15) is 4.90 Å². The lowest BCUT2D eigenvalue weighted by molar-refractivity contribution is 0.0647. The summed E-state index contributed by atoms with van der Waals surface area (Å²) in [5, 5.41) is 2.04. The summed E-state index contributed by atoms with van der Waals surface area (Å²) < 4.78 is 26.0. The van der Waals surface area contributed by atoms with E-state index in [1.54, 1.807) is 17.1 Å². The zero-order valence-electron chi connectivity index (χ0n) is 16.4. The number of nitrogens with zero attached hydrogens (tertiary/aromatic N) is 2. The monoisotopic (exact) mass is 421 g/mol. The molecule has 2 aromatic carbocycles. The smallest absolute Gasteiger partial charge is 0.254 e. The van der Waals surface area contributed by atoms with Gasteiger partial charge in [-0.25, -0.2) is 13.4 Å². The lowest BCUT2D eigenvalue weighted by Crippen LogP contribution is -2.54. The summed E-state index contributed by atoms with van der Waals surface area (Å²) in [5.41, 5.74) is 2.17. The Hall–Kier alpha value is -1.44. The third-order valence-corrected chi connectivity index (χ3v) is 7.01. The molecule has 0 radical (unpaired) electrons. The number of benzene rings is 2. The van der Waals surface area contributed by atoms with Gasteiger partial charge in [0, 0.05) is 25.7 Å². The van der Waals surface area contributed by atoms with Crippen molar-refractivity contribution < 1.29 is 8.42 Å². The van der Waals surface area contributed by atoms with Crippen LogP contribution >= 0.6 is 11.6 Å². The van der Waals surface area contributed by atoms with Crippen LogP contribution in [0, 0.1) is 0 Å². The fraction of sp³-hybridized carbons (Fsp3) is 0.429. The zero-order chi connectivity index (χ0) is 20.1. The summed E-state index contributed by atoms with van der Waals surface area (Å²) in [7, 11) is -3.74. The van der Waals surface area contributed by atoms with E-state index in [2.05, 4.69) is 35.7 Å². The summed E-state index contributed by atoms with van der Waals surface area (Å²) in [6.45, 7) is 7.13. The van der Waals surface area contributed by atoms with Gasteiger partial charge < -0.3 is 0 Å². The van der Waals surface area contributed by atoms with Gasteiger partial charge in [0.15, 0.2) is 0 Å². The highest BCUT2D eigenvalue weighted by Crippen LogP contribution is 2.27. The summed E-state index contributed by atoms with van der Waals surface area (Å²) >= 11 is 6.22.